The zero-order chi connectivity index (χ0) is 22.9. The minimum absolute atomic E-state index is 0.183. The van der Waals surface area contributed by atoms with Crippen molar-refractivity contribution in [1.29, 1.82) is 0 Å². The van der Waals surface area contributed by atoms with Crippen molar-refractivity contribution in [2.24, 2.45) is 0 Å². The number of rotatable bonds is 26. The monoisotopic (exact) mass is 484 g/mol. The fraction of sp³-hybridized carbons (Fsp3) is 1.00. The molecule has 0 aliphatic rings. The van der Waals surface area contributed by atoms with Crippen LogP contribution >= 0.6 is 10.8 Å². The van der Waals surface area contributed by atoms with Crippen molar-refractivity contribution < 1.29 is 22.8 Å². The number of hydrogen-bond acceptors (Lipinski definition) is 8. The molecule has 0 amide bonds. The van der Waals surface area contributed by atoms with E-state index < -0.39 is 9.15 Å². The summed E-state index contributed by atoms with van der Waals surface area (Å²) in [7, 11) is -2.64. The van der Waals surface area contributed by atoms with Crippen LogP contribution in [0.5, 0.6) is 0 Å². The molecular weight excluding hydrogens is 436 g/mol. The summed E-state index contributed by atoms with van der Waals surface area (Å²) in [5, 5.41) is 24.0. The summed E-state index contributed by atoms with van der Waals surface area (Å²) < 4.78 is 28.7. The highest BCUT2D eigenvalue weighted by Gasteiger charge is 2.11. The number of nitrogens with one attached hydrogen (secondary N) is 2. The zero-order valence-electron chi connectivity index (χ0n) is 19.5. The van der Waals surface area contributed by atoms with Crippen LogP contribution in [0.15, 0.2) is 0 Å². The van der Waals surface area contributed by atoms with Gasteiger partial charge in [0.2, 0.25) is 0 Å². The third-order valence-corrected chi connectivity index (χ3v) is 7.81. The third kappa shape index (κ3) is 26.2. The average molecular weight is 485 g/mol. The first-order chi connectivity index (χ1) is 15.1. The van der Waals surface area contributed by atoms with Gasteiger partial charge in [0.1, 0.15) is 0 Å². The summed E-state index contributed by atoms with van der Waals surface area (Å²) in [6, 6.07) is 0. The van der Waals surface area contributed by atoms with Crippen LogP contribution in [0, 0.1) is 0 Å². The predicted molar refractivity (Wildman–Crippen MR) is 132 cm³/mol. The lowest BCUT2D eigenvalue weighted by atomic mass is 10.1. The van der Waals surface area contributed by atoms with Gasteiger partial charge in [0.05, 0.1) is 6.61 Å². The fourth-order valence-corrected chi connectivity index (χ4v) is 5.27. The van der Waals surface area contributed by atoms with E-state index in [-0.39, 0.29) is 6.61 Å². The molecule has 7 nitrogen and oxygen atoms in total. The minimum atomic E-state index is -3.51. The summed E-state index contributed by atoms with van der Waals surface area (Å²) in [5.74, 6) is 0.495. The van der Waals surface area contributed by atoms with E-state index in [1.165, 1.54) is 51.4 Å². The van der Waals surface area contributed by atoms with E-state index in [1.54, 1.807) is 0 Å². The molecule has 0 aromatic rings. The Morgan fingerprint density at radius 2 is 1.00 bits per heavy atom. The van der Waals surface area contributed by atoms with Gasteiger partial charge >= 0.3 is 9.15 Å². The van der Waals surface area contributed by atoms with Gasteiger partial charge in [-0.15, -0.1) is 0 Å². The van der Waals surface area contributed by atoms with Gasteiger partial charge < -0.3 is 20.8 Å². The molecule has 4 N–H and O–H groups in total. The van der Waals surface area contributed by atoms with E-state index in [0.29, 0.717) is 32.1 Å². The first-order valence-electron chi connectivity index (χ1n) is 12.3. The minimum Gasteiger partial charge on any atom is -0.396 e. The Balaban J connectivity index is 3.31. The number of aliphatic hydroxyl groups excluding tert-OH is 2. The van der Waals surface area contributed by atoms with Crippen molar-refractivity contribution in [3.63, 3.8) is 0 Å². The largest absolute Gasteiger partial charge is 0.396 e. The third-order valence-electron chi connectivity index (χ3n) is 5.04. The first-order valence-corrected chi connectivity index (χ1v) is 15.2. The van der Waals surface area contributed by atoms with E-state index in [0.717, 1.165) is 62.4 Å². The van der Waals surface area contributed by atoms with Crippen LogP contribution in [0.4, 0.5) is 0 Å². The lowest BCUT2D eigenvalue weighted by Gasteiger charge is -2.07. The fourth-order valence-electron chi connectivity index (χ4n) is 3.21. The maximum Gasteiger partial charge on any atom is 0.322 e. The van der Waals surface area contributed by atoms with E-state index >= 15 is 0 Å². The quantitative estimate of drug-likeness (QED) is 0.109. The lowest BCUT2D eigenvalue weighted by molar-refractivity contribution is 0.282. The van der Waals surface area contributed by atoms with Crippen molar-refractivity contribution >= 4 is 19.9 Å². The van der Waals surface area contributed by atoms with Crippen molar-refractivity contribution in [3.05, 3.63) is 0 Å². The number of hydrogen-bond donors (Lipinski definition) is 4. The molecule has 0 radical (unpaired) electrons. The second kappa shape index (κ2) is 24.7. The second-order valence-corrected chi connectivity index (χ2v) is 11.6. The van der Waals surface area contributed by atoms with Gasteiger partial charge in [-0.3, -0.25) is 4.18 Å². The normalized spacial score (nSPS) is 11.9. The highest BCUT2D eigenvalue weighted by atomic mass is 33.1. The van der Waals surface area contributed by atoms with Gasteiger partial charge in [0, 0.05) is 32.1 Å². The van der Waals surface area contributed by atoms with E-state index in [9.17, 15) is 8.42 Å². The van der Waals surface area contributed by atoms with Gasteiger partial charge in [-0.25, -0.2) is 0 Å². The summed E-state index contributed by atoms with van der Waals surface area (Å²) in [6.07, 6.45) is 15.9. The lowest BCUT2D eigenvalue weighted by Crippen LogP contribution is -2.22. The Kier molecular flexibility index (Phi) is 24.8. The summed E-state index contributed by atoms with van der Waals surface area (Å²) >= 11 is 0. The van der Waals surface area contributed by atoms with Crippen LogP contribution in [0.3, 0.4) is 0 Å². The molecule has 0 aliphatic carbocycles. The highest BCUT2D eigenvalue weighted by Crippen LogP contribution is 2.13. The maximum absolute atomic E-state index is 11.8. The molecule has 0 aromatic heterocycles. The van der Waals surface area contributed by atoms with Crippen LogP contribution in [0.25, 0.3) is 0 Å². The Morgan fingerprint density at radius 3 is 1.48 bits per heavy atom. The smallest absolute Gasteiger partial charge is 0.322 e. The number of aliphatic hydroxyl groups is 2. The first kappa shape index (κ1) is 31.1. The molecule has 0 unspecified atom stereocenters. The van der Waals surface area contributed by atoms with Gasteiger partial charge in [-0.1, -0.05) is 64.2 Å². The Labute approximate surface area is 195 Å². The van der Waals surface area contributed by atoms with Crippen molar-refractivity contribution in [2.45, 2.75) is 89.9 Å². The Hall–Kier alpha value is 0.1000. The topological polar surface area (TPSA) is 108 Å². The molecule has 31 heavy (non-hydrogen) atoms. The summed E-state index contributed by atoms with van der Waals surface area (Å²) in [6.45, 7) is 3.81. The molecule has 0 saturated carbocycles. The van der Waals surface area contributed by atoms with Gasteiger partial charge in [0.15, 0.2) is 0 Å². The van der Waals surface area contributed by atoms with Crippen LogP contribution in [0.1, 0.15) is 89.9 Å². The predicted octanol–water partition coefficient (Wildman–Crippen LogP) is 3.61. The van der Waals surface area contributed by atoms with Crippen LogP contribution < -0.4 is 10.6 Å². The van der Waals surface area contributed by atoms with E-state index in [2.05, 4.69) is 10.6 Å². The molecule has 188 valence electrons. The zero-order valence-corrected chi connectivity index (χ0v) is 21.1. The molecule has 0 atom stereocenters. The molecule has 0 bridgehead atoms. The average Bonchev–Trinajstić information content (AvgIpc) is 2.75. The molecule has 0 saturated heterocycles. The molecule has 0 fully saturated rings. The highest BCUT2D eigenvalue weighted by molar-refractivity contribution is 8.70. The Morgan fingerprint density at radius 1 is 0.581 bits per heavy atom. The van der Waals surface area contributed by atoms with Crippen molar-refractivity contribution in [1.82, 2.24) is 10.6 Å². The molecule has 0 aromatic carbocycles. The molecule has 0 aliphatic heterocycles. The van der Waals surface area contributed by atoms with Crippen molar-refractivity contribution in [3.8, 4) is 0 Å². The Bertz CT molecular complexity index is 419. The van der Waals surface area contributed by atoms with E-state index in [1.807, 2.05) is 0 Å². The number of unbranched alkanes of at least 4 members (excludes halogenated alkanes) is 12. The summed E-state index contributed by atoms with van der Waals surface area (Å²) in [4.78, 5) is 0. The van der Waals surface area contributed by atoms with Crippen LogP contribution in [0.2, 0.25) is 0 Å². The molecule has 0 heterocycles. The molecule has 0 spiro atoms. The molecular formula is C22H48N2O5S2. The molecule has 9 heteroatoms. The van der Waals surface area contributed by atoms with Crippen molar-refractivity contribution in [2.75, 3.05) is 51.8 Å². The molecule has 0 rings (SSSR count). The summed E-state index contributed by atoms with van der Waals surface area (Å²) in [5.41, 5.74) is 0. The van der Waals surface area contributed by atoms with Gasteiger partial charge in [-0.2, -0.15) is 8.42 Å². The van der Waals surface area contributed by atoms with Crippen LogP contribution in [-0.4, -0.2) is 70.4 Å². The standard InChI is InChI=1S/C22H48N2O5S2/c25-19-13-9-5-1-3-7-11-15-23-17-21-29-31(27,28)30-22-18-24-16-12-8-4-2-6-10-14-20-26/h23-26H,1-22H2. The SMILES string of the molecule is O=S(=O)(OCCNCCCCCCCCCO)SCCNCCCCCCCCCO. The van der Waals surface area contributed by atoms with Crippen LogP contribution in [-0.2, 0) is 13.3 Å². The van der Waals surface area contributed by atoms with Gasteiger partial charge in [-0.05, 0) is 49.6 Å². The van der Waals surface area contributed by atoms with E-state index in [4.69, 9.17) is 14.4 Å². The maximum atomic E-state index is 11.8. The second-order valence-electron chi connectivity index (χ2n) is 7.95. The van der Waals surface area contributed by atoms with Gasteiger partial charge in [0.25, 0.3) is 0 Å².